The second-order valence-corrected chi connectivity index (χ2v) is 7.16. The summed E-state index contributed by atoms with van der Waals surface area (Å²) < 4.78 is 15.2. The largest absolute Gasteiger partial charge is 0.326 e. The molecule has 3 aromatic rings. The molecule has 0 atom stereocenters. The number of nitrogens with one attached hydrogen (secondary N) is 2. The number of halogens is 2. The predicted octanol–water partition coefficient (Wildman–Crippen LogP) is 4.71. The number of carbonyl (C=O) groups is 1. The number of amides is 1. The number of hydrogen-bond donors (Lipinski definition) is 2. The van der Waals surface area contributed by atoms with Gasteiger partial charge in [-0.15, -0.1) is 0 Å². The third-order valence-corrected chi connectivity index (χ3v) is 4.89. The SMILES string of the molecule is CCn1nc(C)c(CN=C(NC(=O)c2cccc(Cl)c2)Nc2ccc(F)cc2)c1C. The standard InChI is InChI=1S/C22H23ClFN5O/c1-4-29-15(3)20(14(2)28-29)13-25-22(26-19-10-8-18(24)9-11-19)27-21(30)16-6-5-7-17(23)12-16/h5-12H,4,13H2,1-3H3,(H2,25,26,27,30). The van der Waals surface area contributed by atoms with Crippen molar-refractivity contribution < 1.29 is 9.18 Å². The van der Waals surface area contributed by atoms with Crippen LogP contribution in [0.15, 0.2) is 53.5 Å². The Bertz CT molecular complexity index is 1080. The van der Waals surface area contributed by atoms with Gasteiger partial charge in [0.1, 0.15) is 5.82 Å². The van der Waals surface area contributed by atoms with Crippen LogP contribution in [0.5, 0.6) is 0 Å². The third kappa shape index (κ3) is 5.24. The molecule has 1 aromatic heterocycles. The molecule has 1 heterocycles. The zero-order valence-corrected chi connectivity index (χ0v) is 17.8. The minimum atomic E-state index is -0.358. The highest BCUT2D eigenvalue weighted by molar-refractivity contribution is 6.31. The first-order valence-corrected chi connectivity index (χ1v) is 9.92. The first kappa shape index (κ1) is 21.5. The Morgan fingerprint density at radius 2 is 1.93 bits per heavy atom. The molecule has 2 aromatic carbocycles. The molecule has 30 heavy (non-hydrogen) atoms. The Hall–Kier alpha value is -3.19. The van der Waals surface area contributed by atoms with Crippen molar-refractivity contribution in [3.8, 4) is 0 Å². The van der Waals surface area contributed by atoms with Crippen molar-refractivity contribution in [1.29, 1.82) is 0 Å². The number of hydrogen-bond acceptors (Lipinski definition) is 3. The van der Waals surface area contributed by atoms with E-state index in [1.165, 1.54) is 12.1 Å². The van der Waals surface area contributed by atoms with Crippen molar-refractivity contribution in [2.75, 3.05) is 5.32 Å². The van der Waals surface area contributed by atoms with Crippen LogP contribution in [0.3, 0.4) is 0 Å². The molecule has 3 rings (SSSR count). The molecular formula is C22H23ClFN5O. The highest BCUT2D eigenvalue weighted by Crippen LogP contribution is 2.15. The summed E-state index contributed by atoms with van der Waals surface area (Å²) in [7, 11) is 0. The lowest BCUT2D eigenvalue weighted by Crippen LogP contribution is -2.36. The highest BCUT2D eigenvalue weighted by atomic mass is 35.5. The Morgan fingerprint density at radius 1 is 1.20 bits per heavy atom. The van der Waals surface area contributed by atoms with Gasteiger partial charge in [0.15, 0.2) is 0 Å². The molecule has 8 heteroatoms. The molecular weight excluding hydrogens is 405 g/mol. The molecule has 0 saturated heterocycles. The normalized spacial score (nSPS) is 11.4. The monoisotopic (exact) mass is 427 g/mol. The van der Waals surface area contributed by atoms with Gasteiger partial charge in [-0.25, -0.2) is 9.38 Å². The Kier molecular flexibility index (Phi) is 6.84. The van der Waals surface area contributed by atoms with E-state index < -0.39 is 0 Å². The van der Waals surface area contributed by atoms with E-state index in [4.69, 9.17) is 11.6 Å². The summed E-state index contributed by atoms with van der Waals surface area (Å²) in [5.41, 5.74) is 3.91. The van der Waals surface area contributed by atoms with Gasteiger partial charge in [-0.3, -0.25) is 14.8 Å². The fourth-order valence-corrected chi connectivity index (χ4v) is 3.21. The fraction of sp³-hybridized carbons (Fsp3) is 0.227. The smallest absolute Gasteiger partial charge is 0.258 e. The van der Waals surface area contributed by atoms with Gasteiger partial charge in [0.05, 0.1) is 12.2 Å². The summed E-state index contributed by atoms with van der Waals surface area (Å²) in [5, 5.41) is 10.8. The topological polar surface area (TPSA) is 71.3 Å². The van der Waals surface area contributed by atoms with Gasteiger partial charge in [0.2, 0.25) is 5.96 Å². The zero-order chi connectivity index (χ0) is 21.7. The fourth-order valence-electron chi connectivity index (χ4n) is 3.02. The third-order valence-electron chi connectivity index (χ3n) is 4.65. The summed E-state index contributed by atoms with van der Waals surface area (Å²) in [6, 6.07) is 12.4. The average molecular weight is 428 g/mol. The summed E-state index contributed by atoms with van der Waals surface area (Å²) >= 11 is 5.99. The van der Waals surface area contributed by atoms with Crippen LogP contribution in [-0.4, -0.2) is 21.6 Å². The maximum absolute atomic E-state index is 13.2. The molecule has 2 N–H and O–H groups in total. The molecule has 0 aliphatic heterocycles. The van der Waals surface area contributed by atoms with Crippen LogP contribution in [0.2, 0.25) is 5.02 Å². The van der Waals surface area contributed by atoms with E-state index in [0.717, 1.165) is 23.5 Å². The van der Waals surface area contributed by atoms with E-state index in [9.17, 15) is 9.18 Å². The second-order valence-electron chi connectivity index (χ2n) is 6.73. The van der Waals surface area contributed by atoms with Gasteiger partial charge in [-0.1, -0.05) is 17.7 Å². The lowest BCUT2D eigenvalue weighted by atomic mass is 10.2. The lowest BCUT2D eigenvalue weighted by molar-refractivity contribution is 0.0977. The van der Waals surface area contributed by atoms with Crippen LogP contribution in [-0.2, 0) is 13.1 Å². The first-order chi connectivity index (χ1) is 14.4. The number of anilines is 1. The predicted molar refractivity (Wildman–Crippen MR) is 117 cm³/mol. The van der Waals surface area contributed by atoms with Gasteiger partial charge in [0, 0.05) is 34.1 Å². The van der Waals surface area contributed by atoms with Crippen molar-refractivity contribution in [3.05, 3.63) is 81.9 Å². The number of rotatable bonds is 5. The molecule has 0 fully saturated rings. The number of nitrogens with zero attached hydrogens (tertiary/aromatic N) is 3. The number of guanidine groups is 1. The van der Waals surface area contributed by atoms with E-state index in [0.29, 0.717) is 22.8 Å². The summed E-state index contributed by atoms with van der Waals surface area (Å²) in [6.07, 6.45) is 0. The Morgan fingerprint density at radius 3 is 2.57 bits per heavy atom. The molecule has 6 nitrogen and oxygen atoms in total. The minimum Gasteiger partial charge on any atom is -0.326 e. The molecule has 0 aliphatic rings. The van der Waals surface area contributed by atoms with E-state index in [2.05, 4.69) is 20.7 Å². The van der Waals surface area contributed by atoms with Crippen LogP contribution in [0.4, 0.5) is 10.1 Å². The van der Waals surface area contributed by atoms with Crippen LogP contribution >= 0.6 is 11.6 Å². The maximum atomic E-state index is 13.2. The van der Waals surface area contributed by atoms with E-state index in [-0.39, 0.29) is 17.7 Å². The van der Waals surface area contributed by atoms with Gasteiger partial charge >= 0.3 is 0 Å². The number of aromatic nitrogens is 2. The quantitative estimate of drug-likeness (QED) is 0.457. The van der Waals surface area contributed by atoms with E-state index >= 15 is 0 Å². The Balaban J connectivity index is 1.86. The van der Waals surface area contributed by atoms with Gasteiger partial charge < -0.3 is 5.32 Å². The number of aliphatic imine (C=N–C) groups is 1. The molecule has 0 saturated carbocycles. The van der Waals surface area contributed by atoms with Crippen molar-refractivity contribution >= 4 is 29.2 Å². The molecule has 0 aliphatic carbocycles. The summed E-state index contributed by atoms with van der Waals surface area (Å²) in [5.74, 6) is -0.460. The Labute approximate surface area is 179 Å². The lowest BCUT2D eigenvalue weighted by Gasteiger charge is -2.12. The zero-order valence-electron chi connectivity index (χ0n) is 17.0. The first-order valence-electron chi connectivity index (χ1n) is 9.54. The van der Waals surface area contributed by atoms with Gasteiger partial charge in [0.25, 0.3) is 5.91 Å². The van der Waals surface area contributed by atoms with Crippen LogP contribution < -0.4 is 10.6 Å². The van der Waals surface area contributed by atoms with Crippen LogP contribution in [0, 0.1) is 19.7 Å². The van der Waals surface area contributed by atoms with Gasteiger partial charge in [-0.05, 0) is 63.2 Å². The summed E-state index contributed by atoms with van der Waals surface area (Å²) in [4.78, 5) is 17.2. The minimum absolute atomic E-state index is 0.245. The summed E-state index contributed by atoms with van der Waals surface area (Å²) in [6.45, 7) is 7.05. The number of carbonyl (C=O) groups excluding carboxylic acids is 1. The van der Waals surface area contributed by atoms with Gasteiger partial charge in [-0.2, -0.15) is 5.10 Å². The molecule has 156 valence electrons. The van der Waals surface area contributed by atoms with Crippen LogP contribution in [0.25, 0.3) is 0 Å². The molecule has 1 amide bonds. The molecule has 0 bridgehead atoms. The average Bonchev–Trinajstić information content (AvgIpc) is 3.00. The van der Waals surface area contributed by atoms with Crippen molar-refractivity contribution in [1.82, 2.24) is 15.1 Å². The van der Waals surface area contributed by atoms with Crippen LogP contribution in [0.1, 0.15) is 34.2 Å². The van der Waals surface area contributed by atoms with E-state index in [1.54, 1.807) is 36.4 Å². The molecule has 0 spiro atoms. The molecule has 0 unspecified atom stereocenters. The van der Waals surface area contributed by atoms with E-state index in [1.807, 2.05) is 25.5 Å². The van der Waals surface area contributed by atoms with Crippen molar-refractivity contribution in [2.45, 2.75) is 33.9 Å². The highest BCUT2D eigenvalue weighted by Gasteiger charge is 2.13. The van der Waals surface area contributed by atoms with Crippen molar-refractivity contribution in [2.24, 2.45) is 4.99 Å². The number of aryl methyl sites for hydroxylation is 2. The molecule has 0 radical (unpaired) electrons. The van der Waals surface area contributed by atoms with Crippen molar-refractivity contribution in [3.63, 3.8) is 0 Å². The second kappa shape index (κ2) is 9.54. The number of benzene rings is 2. The maximum Gasteiger partial charge on any atom is 0.258 e.